The maximum atomic E-state index is 13.2. The number of likely N-dealkylation sites (tertiary alicyclic amines) is 1. The first-order chi connectivity index (χ1) is 19.1. The largest absolute Gasteiger partial charge is 0.496 e. The van der Waals surface area contributed by atoms with Gasteiger partial charge in [-0.2, -0.15) is 0 Å². The van der Waals surface area contributed by atoms with Gasteiger partial charge in [0.2, 0.25) is 0 Å². The minimum atomic E-state index is -0.246. The second-order valence-electron chi connectivity index (χ2n) is 9.19. The van der Waals surface area contributed by atoms with E-state index in [-0.39, 0.29) is 17.7 Å². The van der Waals surface area contributed by atoms with E-state index in [9.17, 15) is 9.59 Å². The fourth-order valence-electron chi connectivity index (χ4n) is 4.70. The summed E-state index contributed by atoms with van der Waals surface area (Å²) in [4.78, 5) is 37.1. The van der Waals surface area contributed by atoms with E-state index in [2.05, 4.69) is 24.9 Å². The number of carbonyl (C=O) groups excluding carboxylic acids is 2. The number of para-hydroxylation sites is 1. The maximum Gasteiger partial charge on any atom is 0.275 e. The van der Waals surface area contributed by atoms with E-state index in [1.54, 1.807) is 18.6 Å². The third-order valence-corrected chi connectivity index (χ3v) is 8.31. The summed E-state index contributed by atoms with van der Waals surface area (Å²) in [5.74, 6) is 0.490. The Labute approximate surface area is 232 Å². The Hall–Kier alpha value is -4.22. The van der Waals surface area contributed by atoms with Crippen LogP contribution >= 0.6 is 22.9 Å². The summed E-state index contributed by atoms with van der Waals surface area (Å²) in [6.07, 6.45) is 1.55. The maximum absolute atomic E-state index is 13.2. The van der Waals surface area contributed by atoms with Crippen LogP contribution in [-0.2, 0) is 0 Å². The van der Waals surface area contributed by atoms with Gasteiger partial charge in [-0.25, -0.2) is 9.97 Å². The molecule has 0 radical (unpaired) electrons. The Kier molecular flexibility index (Phi) is 6.99. The molecule has 1 saturated heterocycles. The van der Waals surface area contributed by atoms with Gasteiger partial charge in [-0.05, 0) is 48.6 Å². The predicted molar refractivity (Wildman–Crippen MR) is 152 cm³/mol. The van der Waals surface area contributed by atoms with Crippen molar-refractivity contribution in [3.8, 4) is 17.0 Å². The number of ether oxygens (including phenoxy) is 1. The Bertz CT molecular complexity index is 1630. The summed E-state index contributed by atoms with van der Waals surface area (Å²) in [6.45, 7) is 1.20. The molecule has 1 aliphatic heterocycles. The van der Waals surface area contributed by atoms with E-state index in [1.165, 1.54) is 22.9 Å². The number of rotatable bonds is 6. The lowest BCUT2D eigenvalue weighted by Gasteiger charge is -2.31. The second kappa shape index (κ2) is 10.9. The van der Waals surface area contributed by atoms with Crippen LogP contribution in [-0.4, -0.2) is 56.5 Å². The van der Waals surface area contributed by atoms with Crippen molar-refractivity contribution in [2.45, 2.75) is 18.8 Å². The van der Waals surface area contributed by atoms with Gasteiger partial charge in [-0.3, -0.25) is 9.59 Å². The second-order valence-corrected chi connectivity index (χ2v) is 10.7. The quantitative estimate of drug-likeness (QED) is 0.294. The van der Waals surface area contributed by atoms with Crippen LogP contribution in [0.2, 0.25) is 0 Å². The SMILES string of the molecule is COc1cc(C(=O)N2CCC(c3nc(C(=O)Nc4ccc(-c5csnn5)cc4)cs3)CC2)nc2ccccc12. The number of aromatic nitrogens is 4. The van der Waals surface area contributed by atoms with Crippen molar-refractivity contribution in [3.05, 3.63) is 81.8 Å². The Morgan fingerprint density at radius 1 is 1.00 bits per heavy atom. The topological polar surface area (TPSA) is 110 Å². The van der Waals surface area contributed by atoms with E-state index in [1.807, 2.05) is 58.8 Å². The normalized spacial score (nSPS) is 13.9. The zero-order chi connectivity index (χ0) is 26.8. The number of hydrogen-bond donors (Lipinski definition) is 1. The number of hydrogen-bond acceptors (Lipinski definition) is 9. The van der Waals surface area contributed by atoms with Crippen LogP contribution in [0.25, 0.3) is 22.2 Å². The monoisotopic (exact) mass is 556 g/mol. The third kappa shape index (κ3) is 5.23. The number of amides is 2. The Morgan fingerprint density at radius 2 is 1.79 bits per heavy atom. The summed E-state index contributed by atoms with van der Waals surface area (Å²) >= 11 is 2.79. The molecule has 0 atom stereocenters. The number of fused-ring (bicyclic) bond motifs is 1. The number of piperidine rings is 1. The number of carbonyl (C=O) groups is 2. The van der Waals surface area contributed by atoms with Gasteiger partial charge in [0.25, 0.3) is 11.8 Å². The van der Waals surface area contributed by atoms with Crippen LogP contribution in [0.15, 0.2) is 65.4 Å². The van der Waals surface area contributed by atoms with Crippen molar-refractivity contribution in [2.75, 3.05) is 25.5 Å². The standard InChI is InChI=1S/C28H24N6O3S2/c1-37-25-14-22(30-21-5-3-2-4-20(21)25)28(36)34-12-10-18(11-13-34)27-31-24(15-38-27)26(35)29-19-8-6-17(7-9-19)23-16-39-33-32-23/h2-9,14-16,18H,10-13H2,1H3,(H,29,35). The minimum absolute atomic E-state index is 0.103. The van der Waals surface area contributed by atoms with Gasteiger partial charge in [0.15, 0.2) is 0 Å². The van der Waals surface area contributed by atoms with Crippen LogP contribution in [0.4, 0.5) is 5.69 Å². The highest BCUT2D eigenvalue weighted by atomic mass is 32.1. The van der Waals surface area contributed by atoms with E-state index in [0.717, 1.165) is 40.0 Å². The molecule has 0 aliphatic carbocycles. The van der Waals surface area contributed by atoms with Gasteiger partial charge < -0.3 is 15.0 Å². The molecule has 1 N–H and O–H groups in total. The number of methoxy groups -OCH3 is 1. The van der Waals surface area contributed by atoms with Crippen molar-refractivity contribution >= 4 is 51.3 Å². The lowest BCUT2D eigenvalue weighted by Crippen LogP contribution is -2.38. The lowest BCUT2D eigenvalue weighted by molar-refractivity contribution is 0.0707. The molecule has 39 heavy (non-hydrogen) atoms. The molecule has 5 aromatic rings. The third-order valence-electron chi connectivity index (χ3n) is 6.80. The highest BCUT2D eigenvalue weighted by molar-refractivity contribution is 7.10. The number of anilines is 1. The molecule has 1 fully saturated rings. The highest BCUT2D eigenvalue weighted by Gasteiger charge is 2.28. The molecule has 1 aliphatic rings. The molecule has 2 aromatic carbocycles. The van der Waals surface area contributed by atoms with Gasteiger partial charge >= 0.3 is 0 Å². The zero-order valence-electron chi connectivity index (χ0n) is 21.0. The number of thiazole rings is 1. The summed E-state index contributed by atoms with van der Waals surface area (Å²) < 4.78 is 9.39. The van der Waals surface area contributed by atoms with Gasteiger partial charge in [-0.15, -0.1) is 16.4 Å². The zero-order valence-corrected chi connectivity index (χ0v) is 22.7. The predicted octanol–water partition coefficient (Wildman–Crippen LogP) is 5.49. The number of nitrogens with zero attached hydrogens (tertiary/aromatic N) is 5. The lowest BCUT2D eigenvalue weighted by atomic mass is 9.97. The number of nitrogens with one attached hydrogen (secondary N) is 1. The van der Waals surface area contributed by atoms with Crippen LogP contribution in [0.3, 0.4) is 0 Å². The van der Waals surface area contributed by atoms with E-state index >= 15 is 0 Å². The Balaban J connectivity index is 1.07. The van der Waals surface area contributed by atoms with E-state index in [4.69, 9.17) is 4.74 Å². The molecule has 0 unspecified atom stereocenters. The van der Waals surface area contributed by atoms with E-state index < -0.39 is 0 Å². The number of pyridine rings is 1. The van der Waals surface area contributed by atoms with Gasteiger partial charge in [0.1, 0.15) is 22.8 Å². The molecule has 0 bridgehead atoms. The summed E-state index contributed by atoms with van der Waals surface area (Å²) in [6, 6.07) is 16.8. The summed E-state index contributed by atoms with van der Waals surface area (Å²) in [7, 11) is 1.60. The minimum Gasteiger partial charge on any atom is -0.496 e. The average Bonchev–Trinajstić information content (AvgIpc) is 3.70. The molecule has 0 saturated carbocycles. The first-order valence-electron chi connectivity index (χ1n) is 12.5. The van der Waals surface area contributed by atoms with Crippen LogP contribution < -0.4 is 10.1 Å². The van der Waals surface area contributed by atoms with Crippen molar-refractivity contribution < 1.29 is 14.3 Å². The Morgan fingerprint density at radius 3 is 2.54 bits per heavy atom. The van der Waals surface area contributed by atoms with Crippen LogP contribution in [0.5, 0.6) is 5.75 Å². The van der Waals surface area contributed by atoms with Crippen LogP contribution in [0, 0.1) is 0 Å². The first-order valence-corrected chi connectivity index (χ1v) is 14.2. The molecule has 196 valence electrons. The van der Waals surface area contributed by atoms with Gasteiger partial charge in [-0.1, -0.05) is 28.8 Å². The first kappa shape index (κ1) is 25.1. The fraction of sp³-hybridized carbons (Fsp3) is 0.214. The van der Waals surface area contributed by atoms with Crippen LogP contribution in [0.1, 0.15) is 44.7 Å². The van der Waals surface area contributed by atoms with Gasteiger partial charge in [0.05, 0.1) is 17.6 Å². The van der Waals surface area contributed by atoms with E-state index in [0.29, 0.717) is 35.9 Å². The molecule has 3 aromatic heterocycles. The summed E-state index contributed by atoms with van der Waals surface area (Å²) in [5.41, 5.74) is 3.95. The summed E-state index contributed by atoms with van der Waals surface area (Å²) in [5, 5.41) is 12.4. The molecule has 0 spiro atoms. The fourth-order valence-corrected chi connectivity index (χ4v) is 6.14. The molecule has 6 rings (SSSR count). The molecule has 11 heteroatoms. The highest BCUT2D eigenvalue weighted by Crippen LogP contribution is 2.32. The van der Waals surface area contributed by atoms with Gasteiger partial charge in [0, 0.05) is 52.5 Å². The van der Waals surface area contributed by atoms with Crippen molar-refractivity contribution in [2.24, 2.45) is 0 Å². The van der Waals surface area contributed by atoms with Crippen molar-refractivity contribution in [1.29, 1.82) is 0 Å². The molecular weight excluding hydrogens is 532 g/mol. The van der Waals surface area contributed by atoms with Crippen molar-refractivity contribution in [1.82, 2.24) is 24.5 Å². The molecular formula is C28H24N6O3S2. The number of benzene rings is 2. The molecule has 9 nitrogen and oxygen atoms in total. The van der Waals surface area contributed by atoms with Crippen molar-refractivity contribution in [3.63, 3.8) is 0 Å². The molecule has 4 heterocycles. The average molecular weight is 557 g/mol. The molecule has 2 amide bonds. The smallest absolute Gasteiger partial charge is 0.275 e.